The molecule has 1 aromatic rings. The molecule has 1 aliphatic heterocycles. The first-order valence-corrected chi connectivity index (χ1v) is 10.0. The van der Waals surface area contributed by atoms with Gasteiger partial charge >= 0.3 is 0 Å². The number of benzene rings is 1. The number of carbonyl (C=O) groups is 1. The molecule has 0 aliphatic carbocycles. The summed E-state index contributed by atoms with van der Waals surface area (Å²) < 4.78 is 5.67. The van der Waals surface area contributed by atoms with Crippen molar-refractivity contribution < 1.29 is 9.53 Å². The SMILES string of the molecule is CC(C)(C)NCc1ccc(N2CCN(C(=O)CCOC(C)(C)C)CC2)cc1. The van der Waals surface area contributed by atoms with Crippen molar-refractivity contribution >= 4 is 11.6 Å². The maximum absolute atomic E-state index is 12.3. The van der Waals surface area contributed by atoms with Crippen LogP contribution >= 0.6 is 0 Å². The highest BCUT2D eigenvalue weighted by Gasteiger charge is 2.21. The van der Waals surface area contributed by atoms with Crippen LogP contribution in [0, 0.1) is 0 Å². The van der Waals surface area contributed by atoms with Gasteiger partial charge in [0.2, 0.25) is 5.91 Å². The van der Waals surface area contributed by atoms with E-state index in [-0.39, 0.29) is 17.0 Å². The van der Waals surface area contributed by atoms with Crippen molar-refractivity contribution in [3.63, 3.8) is 0 Å². The molecule has 0 saturated carbocycles. The molecule has 1 heterocycles. The molecule has 0 atom stereocenters. The Morgan fingerprint density at radius 3 is 2.11 bits per heavy atom. The van der Waals surface area contributed by atoms with Crippen LogP contribution in [-0.4, -0.2) is 54.7 Å². The molecule has 27 heavy (non-hydrogen) atoms. The lowest BCUT2D eigenvalue weighted by atomic mass is 10.1. The van der Waals surface area contributed by atoms with E-state index in [9.17, 15) is 4.79 Å². The summed E-state index contributed by atoms with van der Waals surface area (Å²) in [5.41, 5.74) is 2.46. The molecule has 0 bridgehead atoms. The third-order valence-electron chi connectivity index (χ3n) is 4.61. The largest absolute Gasteiger partial charge is 0.375 e. The summed E-state index contributed by atoms with van der Waals surface area (Å²) in [7, 11) is 0. The van der Waals surface area contributed by atoms with Crippen LogP contribution in [0.25, 0.3) is 0 Å². The Kier molecular flexibility index (Phi) is 7.29. The van der Waals surface area contributed by atoms with Gasteiger partial charge in [-0.2, -0.15) is 0 Å². The van der Waals surface area contributed by atoms with E-state index in [2.05, 4.69) is 55.3 Å². The van der Waals surface area contributed by atoms with E-state index in [0.717, 1.165) is 32.7 Å². The second-order valence-corrected chi connectivity index (χ2v) is 9.35. The number of piperazine rings is 1. The molecule has 0 unspecified atom stereocenters. The van der Waals surface area contributed by atoms with Gasteiger partial charge in [0.05, 0.1) is 18.6 Å². The van der Waals surface area contributed by atoms with Gasteiger partial charge in [-0.3, -0.25) is 4.79 Å². The number of rotatable bonds is 6. The van der Waals surface area contributed by atoms with Gasteiger partial charge in [-0.05, 0) is 59.2 Å². The fraction of sp³-hybridized carbons (Fsp3) is 0.682. The Labute approximate surface area is 165 Å². The second kappa shape index (κ2) is 9.07. The number of amides is 1. The average molecular weight is 376 g/mol. The first-order valence-electron chi connectivity index (χ1n) is 10.0. The van der Waals surface area contributed by atoms with Crippen molar-refractivity contribution in [1.82, 2.24) is 10.2 Å². The first kappa shape index (κ1) is 21.7. The summed E-state index contributed by atoms with van der Waals surface area (Å²) in [5.74, 6) is 0.197. The minimum Gasteiger partial charge on any atom is -0.375 e. The maximum Gasteiger partial charge on any atom is 0.225 e. The van der Waals surface area contributed by atoms with E-state index < -0.39 is 0 Å². The standard InChI is InChI=1S/C22H37N3O2/c1-21(2,3)23-17-18-7-9-19(10-8-18)24-12-14-25(15-13-24)20(26)11-16-27-22(4,5)6/h7-10,23H,11-17H2,1-6H3. The van der Waals surface area contributed by atoms with Gasteiger partial charge < -0.3 is 19.9 Å². The first-order chi connectivity index (χ1) is 12.5. The fourth-order valence-electron chi connectivity index (χ4n) is 3.01. The third kappa shape index (κ3) is 7.89. The molecule has 152 valence electrons. The number of carbonyl (C=O) groups excluding carboxylic acids is 1. The Balaban J connectivity index is 1.77. The van der Waals surface area contributed by atoms with E-state index in [1.807, 2.05) is 25.7 Å². The van der Waals surface area contributed by atoms with E-state index in [4.69, 9.17) is 4.74 Å². The zero-order valence-corrected chi connectivity index (χ0v) is 18.0. The molecule has 0 spiro atoms. The summed E-state index contributed by atoms with van der Waals surface area (Å²) in [6, 6.07) is 8.76. The van der Waals surface area contributed by atoms with Crippen molar-refractivity contribution in [1.29, 1.82) is 0 Å². The average Bonchev–Trinajstić information content (AvgIpc) is 2.59. The molecule has 2 rings (SSSR count). The molecule has 1 amide bonds. The van der Waals surface area contributed by atoms with E-state index in [1.165, 1.54) is 11.3 Å². The minimum absolute atomic E-state index is 0.124. The summed E-state index contributed by atoms with van der Waals surface area (Å²) >= 11 is 0. The third-order valence-corrected chi connectivity index (χ3v) is 4.61. The zero-order valence-electron chi connectivity index (χ0n) is 18.0. The maximum atomic E-state index is 12.3. The lowest BCUT2D eigenvalue weighted by Gasteiger charge is -2.36. The Morgan fingerprint density at radius 1 is 1.00 bits per heavy atom. The smallest absolute Gasteiger partial charge is 0.225 e. The topological polar surface area (TPSA) is 44.8 Å². The van der Waals surface area contributed by atoms with Crippen LogP contribution in [0.3, 0.4) is 0 Å². The molecule has 0 aromatic heterocycles. The predicted molar refractivity (Wildman–Crippen MR) is 112 cm³/mol. The molecular formula is C22H37N3O2. The van der Waals surface area contributed by atoms with E-state index in [1.54, 1.807) is 0 Å². The van der Waals surface area contributed by atoms with Gasteiger partial charge in [0.15, 0.2) is 0 Å². The fourth-order valence-corrected chi connectivity index (χ4v) is 3.01. The molecular weight excluding hydrogens is 338 g/mol. The number of ether oxygens (including phenoxy) is 1. The monoisotopic (exact) mass is 375 g/mol. The molecule has 1 saturated heterocycles. The molecule has 1 aromatic carbocycles. The van der Waals surface area contributed by atoms with Crippen LogP contribution < -0.4 is 10.2 Å². The summed E-state index contributed by atoms with van der Waals surface area (Å²) in [6.45, 7) is 17.3. The van der Waals surface area contributed by atoms with Crippen molar-refractivity contribution in [2.24, 2.45) is 0 Å². The van der Waals surface area contributed by atoms with Gasteiger partial charge in [0.1, 0.15) is 0 Å². The van der Waals surface area contributed by atoms with Crippen LogP contribution in [0.2, 0.25) is 0 Å². The number of nitrogens with one attached hydrogen (secondary N) is 1. The molecule has 1 fully saturated rings. The van der Waals surface area contributed by atoms with Crippen LogP contribution in [0.1, 0.15) is 53.5 Å². The summed E-state index contributed by atoms with van der Waals surface area (Å²) in [5, 5.41) is 3.51. The van der Waals surface area contributed by atoms with Crippen molar-refractivity contribution in [2.75, 3.05) is 37.7 Å². The Bertz CT molecular complexity index is 591. The number of nitrogens with zero attached hydrogens (tertiary/aromatic N) is 2. The quantitative estimate of drug-likeness (QED) is 0.827. The Morgan fingerprint density at radius 2 is 1.59 bits per heavy atom. The number of hydrogen-bond acceptors (Lipinski definition) is 4. The van der Waals surface area contributed by atoms with E-state index in [0.29, 0.717) is 13.0 Å². The minimum atomic E-state index is -0.187. The van der Waals surface area contributed by atoms with E-state index >= 15 is 0 Å². The van der Waals surface area contributed by atoms with Crippen LogP contribution in [0.15, 0.2) is 24.3 Å². The normalized spacial score (nSPS) is 15.9. The van der Waals surface area contributed by atoms with Crippen LogP contribution in [0.4, 0.5) is 5.69 Å². The van der Waals surface area contributed by atoms with Gasteiger partial charge in [-0.1, -0.05) is 12.1 Å². The van der Waals surface area contributed by atoms with Crippen molar-refractivity contribution in [3.8, 4) is 0 Å². The van der Waals surface area contributed by atoms with Crippen molar-refractivity contribution in [3.05, 3.63) is 29.8 Å². The van der Waals surface area contributed by atoms with Gasteiger partial charge in [-0.15, -0.1) is 0 Å². The number of anilines is 1. The lowest BCUT2D eigenvalue weighted by Crippen LogP contribution is -2.49. The van der Waals surface area contributed by atoms with Gasteiger partial charge in [0.25, 0.3) is 0 Å². The number of hydrogen-bond donors (Lipinski definition) is 1. The molecule has 5 nitrogen and oxygen atoms in total. The highest BCUT2D eigenvalue weighted by Crippen LogP contribution is 2.18. The predicted octanol–water partition coefficient (Wildman–Crippen LogP) is 3.43. The Hall–Kier alpha value is -1.59. The molecule has 1 N–H and O–H groups in total. The highest BCUT2D eigenvalue weighted by atomic mass is 16.5. The van der Waals surface area contributed by atoms with Crippen LogP contribution in [0.5, 0.6) is 0 Å². The van der Waals surface area contributed by atoms with Crippen molar-refractivity contribution in [2.45, 2.75) is 65.6 Å². The lowest BCUT2D eigenvalue weighted by molar-refractivity contribution is -0.133. The van der Waals surface area contributed by atoms with Gasteiger partial charge in [-0.25, -0.2) is 0 Å². The molecule has 5 heteroatoms. The summed E-state index contributed by atoms with van der Waals surface area (Å²) in [4.78, 5) is 16.7. The second-order valence-electron chi connectivity index (χ2n) is 9.35. The zero-order chi connectivity index (χ0) is 20.1. The van der Waals surface area contributed by atoms with Crippen LogP contribution in [-0.2, 0) is 16.1 Å². The summed E-state index contributed by atoms with van der Waals surface area (Å²) in [6.07, 6.45) is 0.465. The van der Waals surface area contributed by atoms with Gasteiger partial charge in [0, 0.05) is 44.0 Å². The molecule has 1 aliphatic rings. The highest BCUT2D eigenvalue weighted by molar-refractivity contribution is 5.76. The molecule has 0 radical (unpaired) electrons.